The Balaban J connectivity index is 1.45. The van der Waals surface area contributed by atoms with Gasteiger partial charge in [0.2, 0.25) is 10.0 Å². The summed E-state index contributed by atoms with van der Waals surface area (Å²) in [6, 6.07) is 7.52. The molecule has 6 nitrogen and oxygen atoms in total. The van der Waals surface area contributed by atoms with Gasteiger partial charge in [0.05, 0.1) is 4.90 Å². The van der Waals surface area contributed by atoms with E-state index < -0.39 is 10.0 Å². The van der Waals surface area contributed by atoms with Crippen LogP contribution in [0, 0.1) is 0 Å². The van der Waals surface area contributed by atoms with Crippen LogP contribution in [0.2, 0.25) is 0 Å². The van der Waals surface area contributed by atoms with Crippen LogP contribution in [0.25, 0.3) is 0 Å². The van der Waals surface area contributed by atoms with Crippen LogP contribution in [-0.4, -0.2) is 38.5 Å². The minimum Gasteiger partial charge on any atom is -0.349 e. The molecular formula is C17H23N3O3S. The summed E-state index contributed by atoms with van der Waals surface area (Å²) in [6.07, 6.45) is 6.02. The molecular weight excluding hydrogens is 326 g/mol. The molecule has 130 valence electrons. The van der Waals surface area contributed by atoms with Crippen LogP contribution in [0.4, 0.5) is 0 Å². The zero-order valence-corrected chi connectivity index (χ0v) is 14.3. The molecule has 2 aliphatic heterocycles. The van der Waals surface area contributed by atoms with Gasteiger partial charge in [-0.1, -0.05) is 6.07 Å². The summed E-state index contributed by atoms with van der Waals surface area (Å²) >= 11 is 0. The SMILES string of the molecule is O=C(NC1CC2CCC(C1)N2)c1cccc(S(=O)(=O)NC2CC2)c1. The number of carbonyl (C=O) groups excluding carboxylic acids is 1. The van der Waals surface area contributed by atoms with Crippen molar-refractivity contribution in [2.24, 2.45) is 0 Å². The highest BCUT2D eigenvalue weighted by molar-refractivity contribution is 7.89. The molecule has 3 aliphatic rings. The minimum absolute atomic E-state index is 0.0534. The van der Waals surface area contributed by atoms with E-state index >= 15 is 0 Å². The second kappa shape index (κ2) is 6.13. The standard InChI is InChI=1S/C17H23N3O3S/c21-17(19-15-9-13-6-7-14(10-15)18-13)11-2-1-3-16(8-11)24(22,23)20-12-4-5-12/h1-3,8,12-15,18,20H,4-7,9-10H2,(H,19,21). The summed E-state index contributed by atoms with van der Waals surface area (Å²) in [5, 5.41) is 6.62. The first-order valence-electron chi connectivity index (χ1n) is 8.69. The Hall–Kier alpha value is -1.44. The van der Waals surface area contributed by atoms with Crippen molar-refractivity contribution in [2.75, 3.05) is 0 Å². The summed E-state index contributed by atoms with van der Waals surface area (Å²) in [5.41, 5.74) is 0.402. The van der Waals surface area contributed by atoms with E-state index in [2.05, 4.69) is 15.4 Å². The molecule has 2 atom stereocenters. The first kappa shape index (κ1) is 16.1. The maximum atomic E-state index is 12.5. The Morgan fingerprint density at radius 3 is 2.42 bits per heavy atom. The van der Waals surface area contributed by atoms with Crippen molar-refractivity contribution < 1.29 is 13.2 Å². The third kappa shape index (κ3) is 3.48. The van der Waals surface area contributed by atoms with Crippen molar-refractivity contribution in [1.29, 1.82) is 0 Å². The highest BCUT2D eigenvalue weighted by Crippen LogP contribution is 2.27. The summed E-state index contributed by atoms with van der Waals surface area (Å²) in [5.74, 6) is -0.190. The fourth-order valence-corrected chi connectivity index (χ4v) is 5.09. The Kier molecular flexibility index (Phi) is 4.10. The van der Waals surface area contributed by atoms with Gasteiger partial charge in [0.1, 0.15) is 0 Å². The van der Waals surface area contributed by atoms with Gasteiger partial charge in [-0.2, -0.15) is 0 Å². The van der Waals surface area contributed by atoms with Gasteiger partial charge in [0, 0.05) is 29.7 Å². The molecule has 0 spiro atoms. The zero-order chi connectivity index (χ0) is 16.7. The number of fused-ring (bicyclic) bond motifs is 2. The Morgan fingerprint density at radius 2 is 1.75 bits per heavy atom. The van der Waals surface area contributed by atoms with E-state index in [-0.39, 0.29) is 22.9 Å². The number of piperidine rings is 1. The topological polar surface area (TPSA) is 87.3 Å². The van der Waals surface area contributed by atoms with E-state index in [1.54, 1.807) is 12.1 Å². The number of nitrogens with one attached hydrogen (secondary N) is 3. The Bertz CT molecular complexity index is 733. The summed E-state index contributed by atoms with van der Waals surface area (Å²) in [4.78, 5) is 12.7. The third-order valence-electron chi connectivity index (χ3n) is 5.11. The van der Waals surface area contributed by atoms with Gasteiger partial charge in [0.15, 0.2) is 0 Å². The Morgan fingerprint density at radius 1 is 1.04 bits per heavy atom. The van der Waals surface area contributed by atoms with Crippen molar-refractivity contribution in [2.45, 2.75) is 67.6 Å². The lowest BCUT2D eigenvalue weighted by molar-refractivity contribution is 0.0923. The normalized spacial score (nSPS) is 29.4. The highest BCUT2D eigenvalue weighted by atomic mass is 32.2. The maximum Gasteiger partial charge on any atom is 0.251 e. The molecule has 2 bridgehead atoms. The molecule has 1 saturated carbocycles. The van der Waals surface area contributed by atoms with Crippen LogP contribution in [0.3, 0.4) is 0 Å². The lowest BCUT2D eigenvalue weighted by Crippen LogP contribution is -2.48. The van der Waals surface area contributed by atoms with Crippen molar-refractivity contribution in [3.63, 3.8) is 0 Å². The van der Waals surface area contributed by atoms with Gasteiger partial charge >= 0.3 is 0 Å². The summed E-state index contributed by atoms with van der Waals surface area (Å²) < 4.78 is 27.2. The summed E-state index contributed by atoms with van der Waals surface area (Å²) in [6.45, 7) is 0. The largest absolute Gasteiger partial charge is 0.349 e. The van der Waals surface area contributed by atoms with Crippen molar-refractivity contribution in [3.8, 4) is 0 Å². The molecule has 3 N–H and O–H groups in total. The second-order valence-corrected chi connectivity index (χ2v) is 8.92. The van der Waals surface area contributed by atoms with Crippen LogP contribution < -0.4 is 15.4 Å². The molecule has 24 heavy (non-hydrogen) atoms. The number of benzene rings is 1. The monoisotopic (exact) mass is 349 g/mol. The first-order chi connectivity index (χ1) is 11.5. The second-order valence-electron chi connectivity index (χ2n) is 7.20. The molecule has 1 aromatic carbocycles. The average molecular weight is 349 g/mol. The van der Waals surface area contributed by atoms with Gasteiger partial charge in [-0.05, 0) is 56.7 Å². The van der Waals surface area contributed by atoms with E-state index in [9.17, 15) is 13.2 Å². The number of amides is 1. The predicted molar refractivity (Wildman–Crippen MR) is 90.2 cm³/mol. The molecule has 2 heterocycles. The molecule has 0 aromatic heterocycles. The molecule has 1 amide bonds. The lowest BCUT2D eigenvalue weighted by Gasteiger charge is -2.29. The van der Waals surface area contributed by atoms with Crippen LogP contribution >= 0.6 is 0 Å². The number of hydrogen-bond donors (Lipinski definition) is 3. The van der Waals surface area contributed by atoms with Gasteiger partial charge in [0.25, 0.3) is 5.91 Å². The van der Waals surface area contributed by atoms with Crippen LogP contribution in [0.5, 0.6) is 0 Å². The number of carbonyl (C=O) groups is 1. The maximum absolute atomic E-state index is 12.5. The highest BCUT2D eigenvalue weighted by Gasteiger charge is 2.34. The fraction of sp³-hybridized carbons (Fsp3) is 0.588. The third-order valence-corrected chi connectivity index (χ3v) is 6.63. The number of rotatable bonds is 5. The molecule has 0 radical (unpaired) electrons. The predicted octanol–water partition coefficient (Wildman–Crippen LogP) is 1.14. The van der Waals surface area contributed by atoms with E-state index in [1.807, 2.05) is 0 Å². The molecule has 4 rings (SSSR count). The fourth-order valence-electron chi connectivity index (χ4n) is 3.74. The first-order valence-corrected chi connectivity index (χ1v) is 10.2. The molecule has 2 unspecified atom stereocenters. The van der Waals surface area contributed by atoms with Crippen LogP contribution in [0.1, 0.15) is 48.9 Å². The average Bonchev–Trinajstić information content (AvgIpc) is 3.29. The van der Waals surface area contributed by atoms with Gasteiger partial charge in [-0.25, -0.2) is 13.1 Å². The van der Waals surface area contributed by atoms with E-state index in [0.29, 0.717) is 17.6 Å². The number of sulfonamides is 1. The van der Waals surface area contributed by atoms with E-state index in [0.717, 1.165) is 25.7 Å². The van der Waals surface area contributed by atoms with Crippen molar-refractivity contribution in [1.82, 2.24) is 15.4 Å². The molecule has 1 aromatic rings. The smallest absolute Gasteiger partial charge is 0.251 e. The number of hydrogen-bond acceptors (Lipinski definition) is 4. The molecule has 7 heteroatoms. The summed E-state index contributed by atoms with van der Waals surface area (Å²) in [7, 11) is -3.53. The van der Waals surface area contributed by atoms with Crippen LogP contribution in [0.15, 0.2) is 29.2 Å². The molecule has 3 fully saturated rings. The lowest BCUT2D eigenvalue weighted by atomic mass is 9.99. The van der Waals surface area contributed by atoms with Gasteiger partial charge in [-0.3, -0.25) is 4.79 Å². The van der Waals surface area contributed by atoms with E-state index in [4.69, 9.17) is 0 Å². The van der Waals surface area contributed by atoms with E-state index in [1.165, 1.54) is 25.0 Å². The van der Waals surface area contributed by atoms with Crippen LogP contribution in [-0.2, 0) is 10.0 Å². The van der Waals surface area contributed by atoms with Crippen molar-refractivity contribution in [3.05, 3.63) is 29.8 Å². The minimum atomic E-state index is -3.53. The molecule has 2 saturated heterocycles. The molecule has 1 aliphatic carbocycles. The van der Waals surface area contributed by atoms with Crippen molar-refractivity contribution >= 4 is 15.9 Å². The van der Waals surface area contributed by atoms with Gasteiger partial charge in [-0.15, -0.1) is 0 Å². The Labute approximate surface area is 142 Å². The van der Waals surface area contributed by atoms with Gasteiger partial charge < -0.3 is 10.6 Å². The quantitative estimate of drug-likeness (QED) is 0.744. The zero-order valence-electron chi connectivity index (χ0n) is 13.5.